The molecule has 4 heteroatoms. The monoisotopic (exact) mass is 246 g/mol. The Labute approximate surface area is 104 Å². The summed E-state index contributed by atoms with van der Waals surface area (Å²) >= 11 is 1.78. The molecule has 1 heterocycles. The van der Waals surface area contributed by atoms with Gasteiger partial charge < -0.3 is 11.1 Å². The minimum Gasteiger partial charge on any atom is -0.380 e. The summed E-state index contributed by atoms with van der Waals surface area (Å²) in [4.78, 5) is 13.5. The van der Waals surface area contributed by atoms with Crippen molar-refractivity contribution in [2.45, 2.75) is 13.5 Å². The molecular formula is C13H14N2OS. The van der Waals surface area contributed by atoms with E-state index in [9.17, 15) is 4.79 Å². The molecule has 2 rings (SSSR count). The summed E-state index contributed by atoms with van der Waals surface area (Å²) in [5, 5.41) is 3.30. The molecule has 0 atom stereocenters. The highest BCUT2D eigenvalue weighted by atomic mass is 32.1. The highest BCUT2D eigenvalue weighted by Gasteiger charge is 2.00. The standard InChI is InChI=1S/C13H14N2OS/c1-9-2-7-12(17-9)8-15-11-5-3-10(4-6-11)13(14)16/h2-7,15H,8H2,1H3,(H2,14,16). The van der Waals surface area contributed by atoms with Crippen LogP contribution in [0.15, 0.2) is 36.4 Å². The predicted molar refractivity (Wildman–Crippen MR) is 71.3 cm³/mol. The maximum atomic E-state index is 10.9. The molecule has 0 bridgehead atoms. The van der Waals surface area contributed by atoms with Gasteiger partial charge in [-0.3, -0.25) is 4.79 Å². The van der Waals surface area contributed by atoms with Gasteiger partial charge in [0.1, 0.15) is 0 Å². The number of nitrogens with one attached hydrogen (secondary N) is 1. The number of carbonyl (C=O) groups is 1. The summed E-state index contributed by atoms with van der Waals surface area (Å²) in [6.07, 6.45) is 0. The van der Waals surface area contributed by atoms with Crippen LogP contribution in [0, 0.1) is 6.92 Å². The van der Waals surface area contributed by atoms with Crippen molar-refractivity contribution in [3.05, 3.63) is 51.7 Å². The number of amides is 1. The van der Waals surface area contributed by atoms with Gasteiger partial charge in [-0.1, -0.05) is 0 Å². The third-order valence-corrected chi connectivity index (χ3v) is 3.43. The minimum absolute atomic E-state index is 0.398. The van der Waals surface area contributed by atoms with Crippen molar-refractivity contribution in [1.82, 2.24) is 0 Å². The summed E-state index contributed by atoms with van der Waals surface area (Å²) in [5.41, 5.74) is 6.69. The molecule has 0 aliphatic carbocycles. The van der Waals surface area contributed by atoms with Gasteiger partial charge in [0.05, 0.1) is 0 Å². The number of primary amides is 1. The maximum absolute atomic E-state index is 10.9. The number of carbonyl (C=O) groups excluding carboxylic acids is 1. The zero-order valence-corrected chi connectivity index (χ0v) is 10.4. The molecule has 3 nitrogen and oxygen atoms in total. The Hall–Kier alpha value is -1.81. The van der Waals surface area contributed by atoms with Crippen molar-refractivity contribution in [2.75, 3.05) is 5.32 Å². The molecule has 0 aliphatic rings. The van der Waals surface area contributed by atoms with E-state index in [1.807, 2.05) is 12.1 Å². The van der Waals surface area contributed by atoms with Gasteiger partial charge in [-0.05, 0) is 43.3 Å². The highest BCUT2D eigenvalue weighted by Crippen LogP contribution is 2.17. The Balaban J connectivity index is 1.97. The van der Waals surface area contributed by atoms with E-state index in [4.69, 9.17) is 5.73 Å². The second-order valence-electron chi connectivity index (χ2n) is 3.81. The van der Waals surface area contributed by atoms with E-state index in [0.29, 0.717) is 5.56 Å². The van der Waals surface area contributed by atoms with Gasteiger partial charge in [-0.15, -0.1) is 11.3 Å². The second kappa shape index (κ2) is 5.01. The summed E-state index contributed by atoms with van der Waals surface area (Å²) in [7, 11) is 0. The van der Waals surface area contributed by atoms with Crippen LogP contribution in [0.5, 0.6) is 0 Å². The number of hydrogen-bond acceptors (Lipinski definition) is 3. The number of thiophene rings is 1. The first-order valence-corrected chi connectivity index (χ1v) is 6.16. The molecule has 0 fully saturated rings. The van der Waals surface area contributed by atoms with Gasteiger partial charge in [0.25, 0.3) is 0 Å². The van der Waals surface area contributed by atoms with Gasteiger partial charge >= 0.3 is 0 Å². The number of benzene rings is 1. The molecule has 1 aromatic heterocycles. The van der Waals surface area contributed by atoms with Crippen LogP contribution in [0.25, 0.3) is 0 Å². The molecular weight excluding hydrogens is 232 g/mol. The third kappa shape index (κ3) is 3.07. The first kappa shape index (κ1) is 11.7. The molecule has 0 saturated heterocycles. The van der Waals surface area contributed by atoms with Crippen LogP contribution in [-0.2, 0) is 6.54 Å². The van der Waals surface area contributed by atoms with E-state index >= 15 is 0 Å². The third-order valence-electron chi connectivity index (χ3n) is 2.43. The number of anilines is 1. The minimum atomic E-state index is -0.398. The maximum Gasteiger partial charge on any atom is 0.248 e. The predicted octanol–water partition coefficient (Wildman–Crippen LogP) is 2.77. The normalized spacial score (nSPS) is 10.2. The van der Waals surface area contributed by atoms with E-state index in [0.717, 1.165) is 12.2 Å². The van der Waals surface area contributed by atoms with Crippen molar-refractivity contribution in [3.8, 4) is 0 Å². The second-order valence-corrected chi connectivity index (χ2v) is 5.18. The molecule has 0 radical (unpaired) electrons. The first-order valence-electron chi connectivity index (χ1n) is 5.34. The summed E-state index contributed by atoms with van der Waals surface area (Å²) in [5.74, 6) is -0.398. The van der Waals surface area contributed by atoms with E-state index in [2.05, 4.69) is 24.4 Å². The van der Waals surface area contributed by atoms with Crippen molar-refractivity contribution in [2.24, 2.45) is 5.73 Å². The molecule has 0 unspecified atom stereocenters. The topological polar surface area (TPSA) is 55.1 Å². The van der Waals surface area contributed by atoms with Crippen LogP contribution in [0.2, 0.25) is 0 Å². The number of rotatable bonds is 4. The molecule has 2 aromatic rings. The smallest absolute Gasteiger partial charge is 0.248 e. The summed E-state index contributed by atoms with van der Waals surface area (Å²) < 4.78 is 0. The van der Waals surface area contributed by atoms with Gasteiger partial charge in [0, 0.05) is 27.5 Å². The molecule has 1 amide bonds. The van der Waals surface area contributed by atoms with Crippen molar-refractivity contribution in [3.63, 3.8) is 0 Å². The van der Waals surface area contributed by atoms with Gasteiger partial charge in [-0.25, -0.2) is 0 Å². The van der Waals surface area contributed by atoms with Crippen LogP contribution in [0.1, 0.15) is 20.1 Å². The number of nitrogens with two attached hydrogens (primary N) is 1. The lowest BCUT2D eigenvalue weighted by Crippen LogP contribution is -2.10. The van der Waals surface area contributed by atoms with Crippen LogP contribution in [-0.4, -0.2) is 5.91 Å². The molecule has 3 N–H and O–H groups in total. The molecule has 1 aromatic carbocycles. The lowest BCUT2D eigenvalue weighted by Gasteiger charge is -2.05. The molecule has 17 heavy (non-hydrogen) atoms. The van der Waals surface area contributed by atoms with Crippen LogP contribution in [0.4, 0.5) is 5.69 Å². The van der Waals surface area contributed by atoms with Crippen molar-refractivity contribution in [1.29, 1.82) is 0 Å². The van der Waals surface area contributed by atoms with Crippen LogP contribution >= 0.6 is 11.3 Å². The van der Waals surface area contributed by atoms with Crippen molar-refractivity contribution < 1.29 is 4.79 Å². The average Bonchev–Trinajstić information content (AvgIpc) is 2.73. The first-order chi connectivity index (χ1) is 8.15. The van der Waals surface area contributed by atoms with E-state index in [-0.39, 0.29) is 0 Å². The molecule has 0 spiro atoms. The van der Waals surface area contributed by atoms with Gasteiger partial charge in [0.2, 0.25) is 5.91 Å². The summed E-state index contributed by atoms with van der Waals surface area (Å²) in [6, 6.07) is 11.4. The number of hydrogen-bond donors (Lipinski definition) is 2. The highest BCUT2D eigenvalue weighted by molar-refractivity contribution is 7.11. The Bertz CT molecular complexity index is 516. The van der Waals surface area contributed by atoms with Crippen molar-refractivity contribution >= 4 is 22.9 Å². The molecule has 0 aliphatic heterocycles. The van der Waals surface area contributed by atoms with Gasteiger partial charge in [0.15, 0.2) is 0 Å². The zero-order valence-electron chi connectivity index (χ0n) is 9.57. The fourth-order valence-electron chi connectivity index (χ4n) is 1.52. The zero-order chi connectivity index (χ0) is 12.3. The summed E-state index contributed by atoms with van der Waals surface area (Å²) in [6.45, 7) is 2.89. The van der Waals surface area contributed by atoms with E-state index < -0.39 is 5.91 Å². The van der Waals surface area contributed by atoms with Crippen LogP contribution < -0.4 is 11.1 Å². The number of aryl methyl sites for hydroxylation is 1. The Kier molecular flexibility index (Phi) is 3.44. The van der Waals surface area contributed by atoms with E-state index in [1.165, 1.54) is 9.75 Å². The SMILES string of the molecule is Cc1ccc(CNc2ccc(C(N)=O)cc2)s1. The Morgan fingerprint density at radius 1 is 1.24 bits per heavy atom. The van der Waals surface area contributed by atoms with Crippen LogP contribution in [0.3, 0.4) is 0 Å². The quantitative estimate of drug-likeness (QED) is 0.871. The van der Waals surface area contributed by atoms with Gasteiger partial charge in [-0.2, -0.15) is 0 Å². The average molecular weight is 246 g/mol. The largest absolute Gasteiger partial charge is 0.380 e. The fraction of sp³-hybridized carbons (Fsp3) is 0.154. The Morgan fingerprint density at radius 3 is 2.47 bits per heavy atom. The fourth-order valence-corrected chi connectivity index (χ4v) is 2.35. The molecule has 0 saturated carbocycles. The lowest BCUT2D eigenvalue weighted by atomic mass is 10.2. The lowest BCUT2D eigenvalue weighted by molar-refractivity contribution is 0.100. The molecule has 88 valence electrons. The Morgan fingerprint density at radius 2 is 1.94 bits per heavy atom. The van der Waals surface area contributed by atoms with E-state index in [1.54, 1.807) is 23.5 Å².